The summed E-state index contributed by atoms with van der Waals surface area (Å²) < 4.78 is 11.5. The van der Waals surface area contributed by atoms with E-state index in [1.54, 1.807) is 19.1 Å². The Bertz CT molecular complexity index is 1060. The van der Waals surface area contributed by atoms with E-state index in [-0.39, 0.29) is 53.6 Å². The minimum Gasteiger partial charge on any atom is -0.464 e. The molecule has 1 heterocycles. The average Bonchev–Trinajstić information content (AvgIpc) is 3.61. The Morgan fingerprint density at radius 3 is 2.82 bits per heavy atom. The molecule has 0 radical (unpaired) electrons. The smallest absolute Gasteiger partial charge is 0.293 e. The first-order chi connectivity index (χ1) is 16.1. The highest BCUT2D eigenvalue weighted by molar-refractivity contribution is 5.97. The summed E-state index contributed by atoms with van der Waals surface area (Å²) in [5.74, 6) is -0.0412. The van der Waals surface area contributed by atoms with Crippen molar-refractivity contribution in [3.8, 4) is 0 Å². The zero-order valence-corrected chi connectivity index (χ0v) is 20.3. The number of aryl methyl sites for hydroxylation is 1. The molecule has 0 bridgehead atoms. The lowest BCUT2D eigenvalue weighted by atomic mass is 9.48. The summed E-state index contributed by atoms with van der Waals surface area (Å²) in [6.07, 6.45) is 5.26. The van der Waals surface area contributed by atoms with Crippen molar-refractivity contribution in [3.63, 3.8) is 0 Å². The van der Waals surface area contributed by atoms with Crippen LogP contribution >= 0.6 is 0 Å². The number of hydrogen-bond donors (Lipinski definition) is 1. The van der Waals surface area contributed by atoms with Crippen LogP contribution in [0.1, 0.15) is 75.5 Å². The van der Waals surface area contributed by atoms with Crippen molar-refractivity contribution in [1.29, 1.82) is 0 Å². The van der Waals surface area contributed by atoms with Crippen LogP contribution in [0.5, 0.6) is 0 Å². The van der Waals surface area contributed by atoms with E-state index in [0.29, 0.717) is 19.3 Å². The molecule has 6 heteroatoms. The average molecular weight is 467 g/mol. The molecule has 6 nitrogen and oxygen atoms in total. The Balaban J connectivity index is 1.45. The topological polar surface area (TPSA) is 93.2 Å². The number of epoxide rings is 1. The second-order valence-corrected chi connectivity index (χ2v) is 11.1. The summed E-state index contributed by atoms with van der Waals surface area (Å²) in [6, 6.07) is 6.41. The van der Waals surface area contributed by atoms with Crippen molar-refractivity contribution < 1.29 is 29.0 Å². The summed E-state index contributed by atoms with van der Waals surface area (Å²) in [5.41, 5.74) is 1.53. The van der Waals surface area contributed by atoms with Crippen molar-refractivity contribution in [2.75, 3.05) is 0 Å². The fourth-order valence-corrected chi connectivity index (χ4v) is 7.03. The molecule has 0 unspecified atom stereocenters. The number of allylic oxidation sites excluding steroid dienone is 1. The number of aliphatic hydroxyl groups is 1. The predicted molar refractivity (Wildman–Crippen MR) is 125 cm³/mol. The molecule has 0 amide bonds. The van der Waals surface area contributed by atoms with Crippen molar-refractivity contribution >= 4 is 18.0 Å². The highest BCUT2D eigenvalue weighted by Crippen LogP contribution is 2.66. The van der Waals surface area contributed by atoms with Gasteiger partial charge in [0.15, 0.2) is 5.78 Å². The van der Waals surface area contributed by atoms with Gasteiger partial charge in [-0.1, -0.05) is 38.1 Å². The van der Waals surface area contributed by atoms with Gasteiger partial charge in [-0.05, 0) is 68.2 Å². The fourth-order valence-electron chi connectivity index (χ4n) is 7.03. The highest BCUT2D eigenvalue weighted by atomic mass is 16.6. The molecular formula is C28H34O6. The molecule has 1 N–H and O–H groups in total. The molecule has 0 spiro atoms. The number of ether oxygens (including phenoxy) is 2. The fraction of sp³-hybridized carbons (Fsp3) is 0.607. The monoisotopic (exact) mass is 466 g/mol. The molecule has 0 aromatic heterocycles. The minimum absolute atomic E-state index is 0.00679. The van der Waals surface area contributed by atoms with Gasteiger partial charge in [0.2, 0.25) is 0 Å². The first-order valence-electron chi connectivity index (χ1n) is 12.4. The molecule has 1 aromatic rings. The van der Waals surface area contributed by atoms with Gasteiger partial charge in [0.25, 0.3) is 6.47 Å². The van der Waals surface area contributed by atoms with Gasteiger partial charge < -0.3 is 14.6 Å². The molecule has 34 heavy (non-hydrogen) atoms. The third kappa shape index (κ3) is 3.25. The predicted octanol–water partition coefficient (Wildman–Crippen LogP) is 3.64. The lowest BCUT2D eigenvalue weighted by molar-refractivity contribution is -0.164. The third-order valence-corrected chi connectivity index (χ3v) is 9.48. The van der Waals surface area contributed by atoms with Gasteiger partial charge in [0.05, 0.1) is 11.5 Å². The van der Waals surface area contributed by atoms with E-state index in [1.807, 2.05) is 20.8 Å². The minimum atomic E-state index is -1.14. The standard InChI is InChI=1S/C28H34O6/c1-15(17(3)30)12-22(33-14-29)16(2)18-7-9-20-19(13-18)8-10-21-24(20)25-26(34-25)28(32)11-5-6-23(31)27(21,28)4/h5-7,9,13-16,21-22,24-26,32H,8,10-12H2,1-4H3/t15-,16-,21-,22+,24-,25-,26-,27-,28-/m0/s1. The Morgan fingerprint density at radius 2 is 2.12 bits per heavy atom. The van der Waals surface area contributed by atoms with E-state index >= 15 is 0 Å². The van der Waals surface area contributed by atoms with E-state index in [4.69, 9.17) is 9.47 Å². The van der Waals surface area contributed by atoms with Crippen LogP contribution in [-0.4, -0.2) is 47.1 Å². The Hall–Kier alpha value is -2.31. The van der Waals surface area contributed by atoms with Gasteiger partial charge in [-0.3, -0.25) is 14.4 Å². The number of carbonyl (C=O) groups is 3. The summed E-state index contributed by atoms with van der Waals surface area (Å²) >= 11 is 0. The lowest BCUT2D eigenvalue weighted by Gasteiger charge is -2.55. The lowest BCUT2D eigenvalue weighted by Crippen LogP contribution is -2.65. The van der Waals surface area contributed by atoms with Gasteiger partial charge in [-0.25, -0.2) is 0 Å². The molecule has 1 aliphatic heterocycles. The number of benzene rings is 1. The van der Waals surface area contributed by atoms with E-state index in [9.17, 15) is 19.5 Å². The van der Waals surface area contributed by atoms with Crippen LogP contribution in [-0.2, 0) is 30.3 Å². The molecule has 4 aliphatic rings. The molecule has 2 fully saturated rings. The zero-order valence-electron chi connectivity index (χ0n) is 20.3. The number of fused-ring (bicyclic) bond motifs is 8. The van der Waals surface area contributed by atoms with Crippen LogP contribution in [0.3, 0.4) is 0 Å². The van der Waals surface area contributed by atoms with Crippen LogP contribution in [0.25, 0.3) is 0 Å². The van der Waals surface area contributed by atoms with Crippen molar-refractivity contribution in [1.82, 2.24) is 0 Å². The summed E-state index contributed by atoms with van der Waals surface area (Å²) in [5, 5.41) is 11.6. The number of hydrogen-bond acceptors (Lipinski definition) is 6. The second-order valence-electron chi connectivity index (χ2n) is 11.1. The molecular weight excluding hydrogens is 432 g/mol. The maximum absolute atomic E-state index is 13.1. The van der Waals surface area contributed by atoms with Crippen molar-refractivity contribution in [2.45, 2.75) is 89.1 Å². The van der Waals surface area contributed by atoms with Crippen LogP contribution in [0, 0.1) is 17.3 Å². The van der Waals surface area contributed by atoms with Crippen molar-refractivity contribution in [2.24, 2.45) is 17.3 Å². The molecule has 9 atom stereocenters. The van der Waals surface area contributed by atoms with Gasteiger partial charge in [-0.15, -0.1) is 0 Å². The third-order valence-electron chi connectivity index (χ3n) is 9.48. The summed E-state index contributed by atoms with van der Waals surface area (Å²) in [7, 11) is 0. The summed E-state index contributed by atoms with van der Waals surface area (Å²) in [4.78, 5) is 36.1. The SMILES string of the molecule is CC(=O)[C@@H](C)C[C@@H](OC=O)[C@@H](C)c1ccc2c(c1)CC[C@H]1[C@H]2[C@@H]2O[C@@H]2[C@@]2(O)CC=CC(=O)[C@]12C. The van der Waals surface area contributed by atoms with Gasteiger partial charge in [-0.2, -0.15) is 0 Å². The first-order valence-corrected chi connectivity index (χ1v) is 12.4. The van der Waals surface area contributed by atoms with Crippen molar-refractivity contribution in [3.05, 3.63) is 47.0 Å². The van der Waals surface area contributed by atoms with Crippen LogP contribution in [0.4, 0.5) is 0 Å². The Morgan fingerprint density at radius 1 is 1.35 bits per heavy atom. The molecule has 1 aromatic carbocycles. The summed E-state index contributed by atoms with van der Waals surface area (Å²) in [6.45, 7) is 7.87. The van der Waals surface area contributed by atoms with Gasteiger partial charge in [0, 0.05) is 17.8 Å². The van der Waals surface area contributed by atoms with Crippen LogP contribution in [0.2, 0.25) is 0 Å². The number of ketones is 2. The van der Waals surface area contributed by atoms with E-state index in [0.717, 1.165) is 18.4 Å². The van der Waals surface area contributed by atoms with Gasteiger partial charge in [0.1, 0.15) is 23.6 Å². The molecule has 182 valence electrons. The molecule has 1 saturated heterocycles. The molecule has 3 aliphatic carbocycles. The largest absolute Gasteiger partial charge is 0.464 e. The van der Waals surface area contributed by atoms with Crippen LogP contribution in [0.15, 0.2) is 30.4 Å². The quantitative estimate of drug-likeness (QED) is 0.487. The zero-order chi connectivity index (χ0) is 24.4. The number of rotatable bonds is 7. The molecule has 5 rings (SSSR count). The van der Waals surface area contributed by atoms with E-state index < -0.39 is 11.0 Å². The number of Topliss-reactive ketones (excluding diaryl/α,β-unsaturated/α-hetero) is 1. The van der Waals surface area contributed by atoms with Gasteiger partial charge >= 0.3 is 0 Å². The maximum Gasteiger partial charge on any atom is 0.293 e. The van der Waals surface area contributed by atoms with E-state index in [2.05, 4.69) is 18.2 Å². The maximum atomic E-state index is 13.1. The normalized spacial score (nSPS) is 37.9. The Labute approximate surface area is 200 Å². The van der Waals surface area contributed by atoms with Crippen LogP contribution < -0.4 is 0 Å². The first kappa shape index (κ1) is 23.4. The number of carbonyl (C=O) groups excluding carboxylic acids is 3. The van der Waals surface area contributed by atoms with E-state index in [1.165, 1.54) is 11.1 Å². The Kier molecular flexibility index (Phi) is 5.60. The molecule has 1 saturated carbocycles. The highest BCUT2D eigenvalue weighted by Gasteiger charge is 2.75. The second kappa shape index (κ2) is 8.13.